The summed E-state index contributed by atoms with van der Waals surface area (Å²) in [5, 5.41) is 7.89. The molecule has 0 aliphatic carbocycles. The summed E-state index contributed by atoms with van der Waals surface area (Å²) >= 11 is 0. The molecule has 0 unspecified atom stereocenters. The third-order valence-electron chi connectivity index (χ3n) is 3.32. The fourth-order valence-electron chi connectivity index (χ4n) is 2.10. The number of carbonyl (C=O) groups excluding carboxylic acids is 1. The first kappa shape index (κ1) is 12.3. The Hall–Kier alpha value is -2.76. The Kier molecular flexibility index (Phi) is 2.90. The number of aryl methyl sites for hydroxylation is 1. The van der Waals surface area contributed by atoms with Crippen molar-refractivity contribution in [1.29, 1.82) is 0 Å². The number of hydrogen-bond acceptors (Lipinski definition) is 3. The van der Waals surface area contributed by atoms with Crippen LogP contribution in [0.5, 0.6) is 0 Å². The largest absolute Gasteiger partial charge is 0.384 e. The van der Waals surface area contributed by atoms with Gasteiger partial charge in [-0.15, -0.1) is 0 Å². The van der Waals surface area contributed by atoms with Crippen molar-refractivity contribution in [3.63, 3.8) is 0 Å². The van der Waals surface area contributed by atoms with Crippen molar-refractivity contribution in [2.75, 3.05) is 5.73 Å². The number of carbonyl (C=O) groups is 1. The average Bonchev–Trinajstić information content (AvgIpc) is 3.04. The molecule has 20 heavy (non-hydrogen) atoms. The van der Waals surface area contributed by atoms with Crippen LogP contribution in [0, 0.1) is 0 Å². The lowest BCUT2D eigenvalue weighted by atomic mass is 10.1. The van der Waals surface area contributed by atoms with Crippen molar-refractivity contribution < 1.29 is 4.79 Å². The van der Waals surface area contributed by atoms with E-state index in [0.717, 1.165) is 16.5 Å². The second kappa shape index (κ2) is 4.73. The quantitative estimate of drug-likeness (QED) is 0.671. The number of aromatic amines is 1. The molecule has 0 fully saturated rings. The van der Waals surface area contributed by atoms with Crippen LogP contribution < -0.4 is 11.1 Å². The van der Waals surface area contributed by atoms with Crippen LogP contribution in [-0.2, 0) is 13.6 Å². The van der Waals surface area contributed by atoms with E-state index in [4.69, 9.17) is 5.73 Å². The molecule has 3 rings (SSSR count). The van der Waals surface area contributed by atoms with E-state index in [1.165, 1.54) is 0 Å². The number of nitrogens with two attached hydrogens (primary N) is 1. The zero-order chi connectivity index (χ0) is 14.1. The molecule has 0 atom stereocenters. The van der Waals surface area contributed by atoms with Crippen LogP contribution in [0.25, 0.3) is 10.9 Å². The van der Waals surface area contributed by atoms with Crippen molar-refractivity contribution in [2.45, 2.75) is 6.54 Å². The van der Waals surface area contributed by atoms with E-state index in [9.17, 15) is 4.79 Å². The summed E-state index contributed by atoms with van der Waals surface area (Å²) in [6.07, 6.45) is 3.51. The molecule has 2 heterocycles. The van der Waals surface area contributed by atoms with Crippen LogP contribution in [0.15, 0.2) is 36.7 Å². The molecule has 6 heteroatoms. The summed E-state index contributed by atoms with van der Waals surface area (Å²) in [6, 6.07) is 7.47. The maximum absolute atomic E-state index is 12.1. The lowest BCUT2D eigenvalue weighted by Gasteiger charge is -2.05. The number of rotatable bonds is 3. The summed E-state index contributed by atoms with van der Waals surface area (Å²) in [5.74, 6) is 0.433. The van der Waals surface area contributed by atoms with Crippen molar-refractivity contribution in [3.8, 4) is 0 Å². The zero-order valence-corrected chi connectivity index (χ0v) is 11.1. The van der Waals surface area contributed by atoms with Crippen LogP contribution in [0.2, 0.25) is 0 Å². The molecule has 1 aromatic carbocycles. The van der Waals surface area contributed by atoms with Gasteiger partial charge in [-0.2, -0.15) is 5.10 Å². The minimum absolute atomic E-state index is 0.128. The highest BCUT2D eigenvalue weighted by atomic mass is 16.1. The van der Waals surface area contributed by atoms with Gasteiger partial charge in [0.25, 0.3) is 5.91 Å². The number of H-pyrrole nitrogens is 1. The molecule has 0 radical (unpaired) electrons. The van der Waals surface area contributed by atoms with Gasteiger partial charge in [0, 0.05) is 41.8 Å². The summed E-state index contributed by atoms with van der Waals surface area (Å²) in [5.41, 5.74) is 8.28. The zero-order valence-electron chi connectivity index (χ0n) is 11.1. The second-order valence-corrected chi connectivity index (χ2v) is 4.64. The molecule has 0 aliphatic heterocycles. The highest BCUT2D eigenvalue weighted by Gasteiger charge is 2.09. The Bertz CT molecular complexity index is 771. The first-order valence-corrected chi connectivity index (χ1v) is 6.27. The maximum atomic E-state index is 12.1. The SMILES string of the molecule is Cn1ncc(CNC(=O)c2ccc3[nH]ccc3c2)c1N. The van der Waals surface area contributed by atoms with E-state index in [1.807, 2.05) is 24.4 Å². The fraction of sp³-hybridized carbons (Fsp3) is 0.143. The van der Waals surface area contributed by atoms with Crippen LogP contribution >= 0.6 is 0 Å². The van der Waals surface area contributed by atoms with Crippen LogP contribution in [-0.4, -0.2) is 20.7 Å². The lowest BCUT2D eigenvalue weighted by Crippen LogP contribution is -2.23. The van der Waals surface area contributed by atoms with E-state index in [2.05, 4.69) is 15.4 Å². The first-order chi connectivity index (χ1) is 9.65. The smallest absolute Gasteiger partial charge is 0.251 e. The van der Waals surface area contributed by atoms with Gasteiger partial charge in [-0.3, -0.25) is 9.48 Å². The highest BCUT2D eigenvalue weighted by molar-refractivity contribution is 5.98. The van der Waals surface area contributed by atoms with Gasteiger partial charge in [0.05, 0.1) is 6.20 Å². The summed E-state index contributed by atoms with van der Waals surface area (Å²) in [4.78, 5) is 15.2. The number of anilines is 1. The predicted octanol–water partition coefficient (Wildman–Crippen LogP) is 1.41. The average molecular weight is 269 g/mol. The molecule has 2 aromatic heterocycles. The third-order valence-corrected chi connectivity index (χ3v) is 3.32. The molecule has 4 N–H and O–H groups in total. The lowest BCUT2D eigenvalue weighted by molar-refractivity contribution is 0.0951. The van der Waals surface area contributed by atoms with Gasteiger partial charge in [-0.1, -0.05) is 0 Å². The molecule has 0 bridgehead atoms. The Balaban J connectivity index is 1.74. The van der Waals surface area contributed by atoms with Crippen molar-refractivity contribution >= 4 is 22.6 Å². The molecule has 0 spiro atoms. The Morgan fingerprint density at radius 3 is 3.05 bits per heavy atom. The number of amides is 1. The fourth-order valence-corrected chi connectivity index (χ4v) is 2.10. The second-order valence-electron chi connectivity index (χ2n) is 4.64. The minimum atomic E-state index is -0.128. The molecule has 0 aliphatic rings. The number of nitrogens with zero attached hydrogens (tertiary/aromatic N) is 2. The van der Waals surface area contributed by atoms with E-state index < -0.39 is 0 Å². The van der Waals surface area contributed by atoms with Crippen LogP contribution in [0.3, 0.4) is 0 Å². The maximum Gasteiger partial charge on any atom is 0.251 e. The molecular formula is C14H15N5O. The van der Waals surface area contributed by atoms with Gasteiger partial charge in [-0.25, -0.2) is 0 Å². The van der Waals surface area contributed by atoms with E-state index >= 15 is 0 Å². The van der Waals surface area contributed by atoms with Crippen molar-refractivity contribution in [3.05, 3.63) is 47.8 Å². The Labute approximate surface area is 115 Å². The molecule has 1 amide bonds. The monoisotopic (exact) mass is 269 g/mol. The predicted molar refractivity (Wildman–Crippen MR) is 77.1 cm³/mol. The van der Waals surface area contributed by atoms with Crippen molar-refractivity contribution in [1.82, 2.24) is 20.1 Å². The normalized spacial score (nSPS) is 10.8. The van der Waals surface area contributed by atoms with Gasteiger partial charge in [-0.05, 0) is 24.3 Å². The van der Waals surface area contributed by atoms with Gasteiger partial charge >= 0.3 is 0 Å². The number of hydrogen-bond donors (Lipinski definition) is 3. The standard InChI is InChI=1S/C14H15N5O/c1-19-13(15)11(8-18-19)7-17-14(20)10-2-3-12-9(6-10)4-5-16-12/h2-6,8,16H,7,15H2,1H3,(H,17,20). The molecule has 3 aromatic rings. The summed E-state index contributed by atoms with van der Waals surface area (Å²) in [6.45, 7) is 0.365. The number of benzene rings is 1. The van der Waals surface area contributed by atoms with E-state index in [1.54, 1.807) is 24.0 Å². The third kappa shape index (κ3) is 2.11. The summed E-state index contributed by atoms with van der Waals surface area (Å²) < 4.78 is 1.58. The van der Waals surface area contributed by atoms with Gasteiger partial charge in [0.2, 0.25) is 0 Å². The number of aromatic nitrogens is 3. The van der Waals surface area contributed by atoms with Gasteiger partial charge < -0.3 is 16.0 Å². The Morgan fingerprint density at radius 2 is 2.30 bits per heavy atom. The number of nitrogens with one attached hydrogen (secondary N) is 2. The van der Waals surface area contributed by atoms with Gasteiger partial charge in [0.1, 0.15) is 5.82 Å². The number of fused-ring (bicyclic) bond motifs is 1. The number of nitrogen functional groups attached to an aromatic ring is 1. The molecule has 102 valence electrons. The minimum Gasteiger partial charge on any atom is -0.384 e. The highest BCUT2D eigenvalue weighted by Crippen LogP contribution is 2.14. The van der Waals surface area contributed by atoms with E-state index in [0.29, 0.717) is 17.9 Å². The summed E-state index contributed by atoms with van der Waals surface area (Å²) in [7, 11) is 1.76. The van der Waals surface area contributed by atoms with Crippen LogP contribution in [0.1, 0.15) is 15.9 Å². The first-order valence-electron chi connectivity index (χ1n) is 6.27. The Morgan fingerprint density at radius 1 is 1.45 bits per heavy atom. The molecule has 0 saturated carbocycles. The van der Waals surface area contributed by atoms with E-state index in [-0.39, 0.29) is 5.91 Å². The van der Waals surface area contributed by atoms with Crippen LogP contribution in [0.4, 0.5) is 5.82 Å². The van der Waals surface area contributed by atoms with Gasteiger partial charge in [0.15, 0.2) is 0 Å². The topological polar surface area (TPSA) is 88.7 Å². The molecule has 0 saturated heterocycles. The molecule has 6 nitrogen and oxygen atoms in total. The van der Waals surface area contributed by atoms with Crippen molar-refractivity contribution in [2.24, 2.45) is 7.05 Å². The molecular weight excluding hydrogens is 254 g/mol.